The molecule has 0 saturated heterocycles. The summed E-state index contributed by atoms with van der Waals surface area (Å²) in [5, 5.41) is 3.07. The van der Waals surface area contributed by atoms with E-state index in [2.05, 4.69) is 5.32 Å². The SMILES string of the molecule is CCOC(=O)C1=C(N)NC2=C(C(=O)CC(C)(C)C2)C1c1ccc(S(=O)(=O)c2ccc(C)cc2)cc1. The summed E-state index contributed by atoms with van der Waals surface area (Å²) in [5.74, 6) is -1.28. The maximum absolute atomic E-state index is 13.3. The second-order valence-electron chi connectivity index (χ2n) is 9.82. The van der Waals surface area contributed by atoms with Gasteiger partial charge in [-0.05, 0) is 55.5 Å². The summed E-state index contributed by atoms with van der Waals surface area (Å²) >= 11 is 0. The van der Waals surface area contributed by atoms with Gasteiger partial charge in [-0.2, -0.15) is 0 Å². The molecule has 0 bridgehead atoms. The molecule has 1 heterocycles. The lowest BCUT2D eigenvalue weighted by Crippen LogP contribution is -2.41. The van der Waals surface area contributed by atoms with E-state index in [0.29, 0.717) is 29.7 Å². The van der Waals surface area contributed by atoms with Gasteiger partial charge in [0.05, 0.1) is 27.9 Å². The maximum atomic E-state index is 13.3. The lowest BCUT2D eigenvalue weighted by molar-refractivity contribution is -0.138. The van der Waals surface area contributed by atoms with Crippen LogP contribution in [-0.4, -0.2) is 26.8 Å². The number of esters is 1. The Balaban J connectivity index is 1.80. The van der Waals surface area contributed by atoms with Crippen LogP contribution < -0.4 is 11.1 Å². The molecular weight excluding hydrogens is 464 g/mol. The zero-order valence-corrected chi connectivity index (χ0v) is 21.2. The average molecular weight is 495 g/mol. The van der Waals surface area contributed by atoms with Crippen LogP contribution >= 0.6 is 0 Å². The molecule has 8 heteroatoms. The van der Waals surface area contributed by atoms with Gasteiger partial charge >= 0.3 is 5.97 Å². The number of sulfone groups is 1. The Labute approximate surface area is 206 Å². The summed E-state index contributed by atoms with van der Waals surface area (Å²) < 4.78 is 31.5. The second-order valence-corrected chi connectivity index (χ2v) is 11.8. The summed E-state index contributed by atoms with van der Waals surface area (Å²) in [4.78, 5) is 26.5. The summed E-state index contributed by atoms with van der Waals surface area (Å²) in [6.45, 7) is 7.77. The van der Waals surface area contributed by atoms with E-state index in [0.717, 1.165) is 5.56 Å². The normalized spacial score (nSPS) is 19.8. The molecule has 0 spiro atoms. The quantitative estimate of drug-likeness (QED) is 0.606. The number of aryl methyl sites for hydroxylation is 1. The molecule has 1 aliphatic heterocycles. The van der Waals surface area contributed by atoms with E-state index in [1.165, 1.54) is 12.1 Å². The number of dihydropyridines is 1. The molecule has 2 aliphatic rings. The lowest BCUT2D eigenvalue weighted by Gasteiger charge is -2.39. The number of nitrogens with two attached hydrogens (primary N) is 1. The van der Waals surface area contributed by atoms with E-state index in [9.17, 15) is 18.0 Å². The molecule has 2 aromatic carbocycles. The largest absolute Gasteiger partial charge is 0.463 e. The van der Waals surface area contributed by atoms with Crippen LogP contribution in [0.5, 0.6) is 0 Å². The zero-order valence-electron chi connectivity index (χ0n) is 20.3. The van der Waals surface area contributed by atoms with Crippen LogP contribution in [0.25, 0.3) is 0 Å². The first-order valence-electron chi connectivity index (χ1n) is 11.6. The molecule has 7 nitrogen and oxygen atoms in total. The number of benzene rings is 2. The number of carbonyl (C=O) groups is 2. The first-order valence-corrected chi connectivity index (χ1v) is 13.0. The maximum Gasteiger partial charge on any atom is 0.338 e. The van der Waals surface area contributed by atoms with E-state index in [4.69, 9.17) is 10.5 Å². The van der Waals surface area contributed by atoms with Crippen LogP contribution in [0.3, 0.4) is 0 Å². The molecule has 0 aromatic heterocycles. The Kier molecular flexibility index (Phi) is 6.36. The van der Waals surface area contributed by atoms with Crippen molar-refractivity contribution in [3.63, 3.8) is 0 Å². The number of allylic oxidation sites excluding steroid dienone is 2. The Morgan fingerprint density at radius 2 is 1.63 bits per heavy atom. The fraction of sp³-hybridized carbons (Fsp3) is 0.333. The van der Waals surface area contributed by atoms with E-state index in [1.807, 2.05) is 20.8 Å². The molecule has 1 aliphatic carbocycles. The number of carbonyl (C=O) groups excluding carboxylic acids is 2. The predicted molar refractivity (Wildman–Crippen MR) is 132 cm³/mol. The molecule has 3 N–H and O–H groups in total. The predicted octanol–water partition coefficient (Wildman–Crippen LogP) is 3.89. The standard InChI is InChI=1S/C27H30N2O5S/c1-5-34-26(31)24-22(23-20(29-25(24)28)14-27(3,4)15-21(23)30)17-8-12-19(13-9-17)35(32,33)18-10-6-16(2)7-11-18/h6-13,22,29H,5,14-15,28H2,1-4H3. The molecule has 1 unspecified atom stereocenters. The van der Waals surface area contributed by atoms with Crippen molar-refractivity contribution in [2.75, 3.05) is 6.61 Å². The van der Waals surface area contributed by atoms with Crippen LogP contribution in [-0.2, 0) is 24.2 Å². The van der Waals surface area contributed by atoms with Crippen molar-refractivity contribution >= 4 is 21.6 Å². The number of hydrogen-bond donors (Lipinski definition) is 2. The lowest BCUT2D eigenvalue weighted by atomic mass is 9.69. The topological polar surface area (TPSA) is 116 Å². The van der Waals surface area contributed by atoms with Crippen molar-refractivity contribution in [3.8, 4) is 0 Å². The Hall–Kier alpha value is -3.39. The van der Waals surface area contributed by atoms with Gasteiger partial charge in [-0.25, -0.2) is 13.2 Å². The fourth-order valence-electron chi connectivity index (χ4n) is 4.77. The van der Waals surface area contributed by atoms with Crippen molar-refractivity contribution in [1.29, 1.82) is 0 Å². The van der Waals surface area contributed by atoms with Crippen molar-refractivity contribution < 1.29 is 22.7 Å². The van der Waals surface area contributed by atoms with Crippen LogP contribution in [0.15, 0.2) is 81.0 Å². The summed E-state index contributed by atoms with van der Waals surface area (Å²) in [6.07, 6.45) is 0.932. The Bertz CT molecular complexity index is 1350. The number of Topliss-reactive ketones (excluding diaryl/α,β-unsaturated/α-hetero) is 1. The molecular formula is C27H30N2O5S. The first kappa shape index (κ1) is 24.7. The smallest absolute Gasteiger partial charge is 0.338 e. The Morgan fingerprint density at radius 3 is 2.20 bits per heavy atom. The van der Waals surface area contributed by atoms with Gasteiger partial charge in [0, 0.05) is 17.7 Å². The summed E-state index contributed by atoms with van der Waals surface area (Å²) in [6, 6.07) is 12.9. The average Bonchev–Trinajstić information content (AvgIpc) is 2.77. The number of nitrogens with one attached hydrogen (secondary N) is 1. The van der Waals surface area contributed by atoms with Gasteiger partial charge in [-0.3, -0.25) is 4.79 Å². The highest BCUT2D eigenvalue weighted by atomic mass is 32.2. The van der Waals surface area contributed by atoms with Crippen LogP contribution in [0.2, 0.25) is 0 Å². The number of hydrogen-bond acceptors (Lipinski definition) is 7. The third-order valence-electron chi connectivity index (χ3n) is 6.42. The minimum atomic E-state index is -3.72. The van der Waals surface area contributed by atoms with E-state index in [-0.39, 0.29) is 39.0 Å². The molecule has 35 heavy (non-hydrogen) atoms. The van der Waals surface area contributed by atoms with Crippen molar-refractivity contribution in [3.05, 3.63) is 82.3 Å². The van der Waals surface area contributed by atoms with E-state index < -0.39 is 21.7 Å². The summed E-state index contributed by atoms with van der Waals surface area (Å²) in [5.41, 5.74) is 8.94. The third-order valence-corrected chi connectivity index (χ3v) is 8.21. The number of rotatable bonds is 5. The molecule has 2 aromatic rings. The first-order chi connectivity index (χ1) is 16.4. The number of ether oxygens (including phenoxy) is 1. The Morgan fingerprint density at radius 1 is 1.06 bits per heavy atom. The van der Waals surface area contributed by atoms with Crippen LogP contribution in [0, 0.1) is 12.3 Å². The minimum absolute atomic E-state index is 0.0700. The second kappa shape index (κ2) is 9.00. The van der Waals surface area contributed by atoms with Gasteiger partial charge < -0.3 is 15.8 Å². The monoisotopic (exact) mass is 494 g/mol. The van der Waals surface area contributed by atoms with Crippen LogP contribution in [0.1, 0.15) is 50.7 Å². The molecule has 1 atom stereocenters. The van der Waals surface area contributed by atoms with Crippen LogP contribution in [0.4, 0.5) is 0 Å². The van der Waals surface area contributed by atoms with Gasteiger partial charge in [-0.15, -0.1) is 0 Å². The highest BCUT2D eigenvalue weighted by Crippen LogP contribution is 2.46. The van der Waals surface area contributed by atoms with Gasteiger partial charge in [0.1, 0.15) is 5.82 Å². The molecule has 0 amide bonds. The van der Waals surface area contributed by atoms with Crippen molar-refractivity contribution in [2.24, 2.45) is 11.1 Å². The minimum Gasteiger partial charge on any atom is -0.463 e. The fourth-order valence-corrected chi connectivity index (χ4v) is 6.03. The molecule has 0 fully saturated rings. The molecule has 4 rings (SSSR count). The van der Waals surface area contributed by atoms with Gasteiger partial charge in [-0.1, -0.05) is 43.7 Å². The highest BCUT2D eigenvalue weighted by Gasteiger charge is 2.43. The van der Waals surface area contributed by atoms with Gasteiger partial charge in [0.25, 0.3) is 0 Å². The van der Waals surface area contributed by atoms with Crippen molar-refractivity contribution in [2.45, 2.75) is 56.2 Å². The highest BCUT2D eigenvalue weighted by molar-refractivity contribution is 7.91. The zero-order chi connectivity index (χ0) is 25.5. The van der Waals surface area contributed by atoms with E-state index in [1.54, 1.807) is 43.3 Å². The molecule has 0 radical (unpaired) electrons. The van der Waals surface area contributed by atoms with Crippen molar-refractivity contribution in [1.82, 2.24) is 5.32 Å². The third kappa shape index (κ3) is 4.62. The molecule has 0 saturated carbocycles. The van der Waals surface area contributed by atoms with Gasteiger partial charge in [0.15, 0.2) is 5.78 Å². The van der Waals surface area contributed by atoms with E-state index >= 15 is 0 Å². The van der Waals surface area contributed by atoms with Gasteiger partial charge in [0.2, 0.25) is 9.84 Å². The molecule has 184 valence electrons. The summed E-state index contributed by atoms with van der Waals surface area (Å²) in [7, 11) is -3.72. The number of ketones is 1.